The van der Waals surface area contributed by atoms with E-state index in [9.17, 15) is 8.42 Å². The van der Waals surface area contributed by atoms with Crippen molar-refractivity contribution in [2.24, 2.45) is 0 Å². The van der Waals surface area contributed by atoms with Gasteiger partial charge in [-0.2, -0.15) is 4.31 Å². The molecule has 1 saturated heterocycles. The van der Waals surface area contributed by atoms with E-state index in [-0.39, 0.29) is 4.90 Å². The van der Waals surface area contributed by atoms with E-state index < -0.39 is 10.0 Å². The van der Waals surface area contributed by atoms with Gasteiger partial charge in [0.1, 0.15) is 4.90 Å². The number of rotatable bonds is 4. The van der Waals surface area contributed by atoms with E-state index in [0.717, 1.165) is 36.1 Å². The third kappa shape index (κ3) is 4.84. The summed E-state index contributed by atoms with van der Waals surface area (Å²) in [6, 6.07) is 10.9. The van der Waals surface area contributed by atoms with Crippen molar-refractivity contribution < 1.29 is 8.42 Å². The number of benzene rings is 2. The Morgan fingerprint density at radius 3 is 2.43 bits per heavy atom. The fourth-order valence-corrected chi connectivity index (χ4v) is 5.30. The predicted octanol–water partition coefficient (Wildman–Crippen LogP) is 4.94. The normalized spacial score (nSPS) is 15.2. The number of hydrogen-bond donors (Lipinski definition) is 2. The Morgan fingerprint density at radius 2 is 1.75 bits per heavy atom. The number of piperidine rings is 1. The first-order valence-electron chi connectivity index (χ1n) is 9.22. The number of thiocarbonyl (C=S) groups is 1. The van der Waals surface area contributed by atoms with E-state index in [1.54, 1.807) is 22.5 Å². The summed E-state index contributed by atoms with van der Waals surface area (Å²) in [4.78, 5) is 0.250. The Morgan fingerprint density at radius 1 is 1.04 bits per heavy atom. The number of sulfonamides is 1. The van der Waals surface area contributed by atoms with Gasteiger partial charge in [0, 0.05) is 23.8 Å². The van der Waals surface area contributed by atoms with Gasteiger partial charge < -0.3 is 10.6 Å². The highest BCUT2D eigenvalue weighted by molar-refractivity contribution is 7.89. The van der Waals surface area contributed by atoms with Crippen LogP contribution in [0, 0.1) is 13.8 Å². The van der Waals surface area contributed by atoms with Crippen LogP contribution in [0.1, 0.15) is 30.4 Å². The van der Waals surface area contributed by atoms with Crippen LogP contribution in [-0.4, -0.2) is 30.9 Å². The molecule has 1 aliphatic rings. The summed E-state index contributed by atoms with van der Waals surface area (Å²) in [6.45, 7) is 4.91. The molecule has 5 nitrogen and oxygen atoms in total. The minimum atomic E-state index is -3.58. The molecule has 2 N–H and O–H groups in total. The number of hydrogen-bond acceptors (Lipinski definition) is 3. The number of anilines is 2. The van der Waals surface area contributed by atoms with Crippen LogP contribution in [0.5, 0.6) is 0 Å². The zero-order valence-corrected chi connectivity index (χ0v) is 18.3. The van der Waals surface area contributed by atoms with Gasteiger partial charge in [-0.3, -0.25) is 0 Å². The first kappa shape index (κ1) is 21.0. The second-order valence-electron chi connectivity index (χ2n) is 7.01. The molecule has 3 rings (SSSR count). The summed E-state index contributed by atoms with van der Waals surface area (Å²) in [5, 5.41) is 7.04. The van der Waals surface area contributed by atoms with E-state index in [1.807, 2.05) is 32.0 Å². The molecule has 0 spiro atoms. The molecule has 2 aromatic carbocycles. The molecule has 0 aliphatic carbocycles. The van der Waals surface area contributed by atoms with Gasteiger partial charge in [0.05, 0.1) is 5.69 Å². The third-order valence-corrected chi connectivity index (χ3v) is 7.30. The van der Waals surface area contributed by atoms with Crippen molar-refractivity contribution in [3.8, 4) is 0 Å². The van der Waals surface area contributed by atoms with Gasteiger partial charge in [-0.1, -0.05) is 30.2 Å². The van der Waals surface area contributed by atoms with E-state index in [0.29, 0.717) is 28.9 Å². The first-order valence-corrected chi connectivity index (χ1v) is 11.4. The largest absolute Gasteiger partial charge is 0.332 e. The highest BCUT2D eigenvalue weighted by atomic mass is 35.5. The average molecular weight is 438 g/mol. The van der Waals surface area contributed by atoms with Crippen LogP contribution in [0.4, 0.5) is 11.4 Å². The zero-order valence-electron chi connectivity index (χ0n) is 16.0. The summed E-state index contributed by atoms with van der Waals surface area (Å²) in [5.74, 6) is 0. The number of halogens is 1. The lowest BCUT2D eigenvalue weighted by Crippen LogP contribution is -2.36. The molecule has 0 radical (unpaired) electrons. The molecular weight excluding hydrogens is 414 g/mol. The van der Waals surface area contributed by atoms with Gasteiger partial charge in [-0.15, -0.1) is 0 Å². The van der Waals surface area contributed by atoms with Gasteiger partial charge in [0.15, 0.2) is 5.11 Å². The molecule has 28 heavy (non-hydrogen) atoms. The molecule has 0 unspecified atom stereocenters. The Labute approximate surface area is 177 Å². The predicted molar refractivity (Wildman–Crippen MR) is 120 cm³/mol. The lowest BCUT2D eigenvalue weighted by atomic mass is 10.2. The van der Waals surface area contributed by atoms with E-state index in [4.69, 9.17) is 23.8 Å². The van der Waals surface area contributed by atoms with Crippen molar-refractivity contribution in [3.05, 3.63) is 52.5 Å². The Balaban J connectivity index is 1.83. The highest BCUT2D eigenvalue weighted by Crippen LogP contribution is 2.28. The van der Waals surface area contributed by atoms with Crippen LogP contribution in [0.2, 0.25) is 5.02 Å². The maximum absolute atomic E-state index is 13.2. The molecule has 1 heterocycles. The Kier molecular flexibility index (Phi) is 6.60. The highest BCUT2D eigenvalue weighted by Gasteiger charge is 2.28. The Hall–Kier alpha value is -1.67. The smallest absolute Gasteiger partial charge is 0.245 e. The average Bonchev–Trinajstić information content (AvgIpc) is 2.67. The summed E-state index contributed by atoms with van der Waals surface area (Å²) < 4.78 is 27.9. The maximum atomic E-state index is 13.2. The maximum Gasteiger partial charge on any atom is 0.245 e. The van der Waals surface area contributed by atoms with Gasteiger partial charge in [-0.25, -0.2) is 8.42 Å². The van der Waals surface area contributed by atoms with Crippen LogP contribution < -0.4 is 10.6 Å². The van der Waals surface area contributed by atoms with Crippen molar-refractivity contribution in [1.82, 2.24) is 4.31 Å². The van der Waals surface area contributed by atoms with Crippen LogP contribution in [0.25, 0.3) is 0 Å². The van der Waals surface area contributed by atoms with Crippen LogP contribution in [-0.2, 0) is 10.0 Å². The summed E-state index contributed by atoms with van der Waals surface area (Å²) in [5.41, 5.74) is 3.05. The molecule has 0 saturated carbocycles. The fourth-order valence-electron chi connectivity index (χ4n) is 3.15. The molecule has 0 aromatic heterocycles. The van der Waals surface area contributed by atoms with Gasteiger partial charge in [-0.05, 0) is 74.3 Å². The number of aryl methyl sites for hydroxylation is 2. The SMILES string of the molecule is Cc1ccc(NC(=S)Nc2ccc(C)c(Cl)c2)c(S(=O)(=O)N2CCCCC2)c1. The second-order valence-corrected chi connectivity index (χ2v) is 9.73. The van der Waals surface area contributed by atoms with E-state index in [1.165, 1.54) is 0 Å². The molecular formula is C20H24ClN3O2S2. The van der Waals surface area contributed by atoms with Crippen molar-refractivity contribution in [2.75, 3.05) is 23.7 Å². The lowest BCUT2D eigenvalue weighted by molar-refractivity contribution is 0.347. The van der Waals surface area contributed by atoms with Gasteiger partial charge >= 0.3 is 0 Å². The first-order chi connectivity index (χ1) is 13.3. The molecule has 1 fully saturated rings. The van der Waals surface area contributed by atoms with E-state index in [2.05, 4.69) is 10.6 Å². The molecule has 0 bridgehead atoms. The quantitative estimate of drug-likeness (QED) is 0.663. The molecule has 8 heteroatoms. The summed E-state index contributed by atoms with van der Waals surface area (Å²) in [7, 11) is -3.58. The Bertz CT molecular complexity index is 987. The topological polar surface area (TPSA) is 61.4 Å². The molecule has 0 amide bonds. The standard InChI is InChI=1S/C20H24ClN3O2S2/c1-14-6-9-18(19(12-14)28(25,26)24-10-4-3-5-11-24)23-20(27)22-16-8-7-15(2)17(21)13-16/h6-9,12-13H,3-5,10-11H2,1-2H3,(H2,22,23,27). The number of nitrogens with one attached hydrogen (secondary N) is 2. The van der Waals surface area contributed by atoms with Crippen LogP contribution >= 0.6 is 23.8 Å². The van der Waals surface area contributed by atoms with Crippen molar-refractivity contribution in [3.63, 3.8) is 0 Å². The summed E-state index contributed by atoms with van der Waals surface area (Å²) in [6.07, 6.45) is 2.85. The van der Waals surface area contributed by atoms with Gasteiger partial charge in [0.25, 0.3) is 0 Å². The minimum Gasteiger partial charge on any atom is -0.332 e. The van der Waals surface area contributed by atoms with Crippen molar-refractivity contribution in [2.45, 2.75) is 38.0 Å². The van der Waals surface area contributed by atoms with Crippen molar-refractivity contribution >= 4 is 50.3 Å². The summed E-state index contributed by atoms with van der Waals surface area (Å²) >= 11 is 11.5. The molecule has 0 atom stereocenters. The second kappa shape index (κ2) is 8.78. The molecule has 150 valence electrons. The lowest BCUT2D eigenvalue weighted by Gasteiger charge is -2.27. The minimum absolute atomic E-state index is 0.250. The van der Waals surface area contributed by atoms with Crippen LogP contribution in [0.15, 0.2) is 41.3 Å². The van der Waals surface area contributed by atoms with Crippen molar-refractivity contribution in [1.29, 1.82) is 0 Å². The van der Waals surface area contributed by atoms with Gasteiger partial charge in [0.2, 0.25) is 10.0 Å². The van der Waals surface area contributed by atoms with Crippen LogP contribution in [0.3, 0.4) is 0 Å². The molecule has 1 aliphatic heterocycles. The number of nitrogens with zero attached hydrogens (tertiary/aromatic N) is 1. The third-order valence-electron chi connectivity index (χ3n) is 4.75. The zero-order chi connectivity index (χ0) is 20.3. The van der Waals surface area contributed by atoms with E-state index >= 15 is 0 Å². The molecule has 2 aromatic rings. The monoisotopic (exact) mass is 437 g/mol. The fraction of sp³-hybridized carbons (Fsp3) is 0.350.